The summed E-state index contributed by atoms with van der Waals surface area (Å²) in [4.78, 5) is 149. The molecule has 21 heteroatoms. The van der Waals surface area contributed by atoms with Crippen molar-refractivity contribution in [2.75, 3.05) is 33.8 Å². The third kappa shape index (κ3) is 14.1. The Bertz CT molecular complexity index is 2340. The lowest BCUT2D eigenvalue weighted by molar-refractivity contribution is -0.163. The Balaban J connectivity index is 1.58. The van der Waals surface area contributed by atoms with E-state index in [9.17, 15) is 53.1 Å². The summed E-state index contributed by atoms with van der Waals surface area (Å²) in [6.45, 7) is 18.9. The molecule has 4 saturated heterocycles. The number of aliphatic hydroxyl groups is 1. The molecule has 12 atom stereocenters. The van der Waals surface area contributed by atoms with Gasteiger partial charge in [0.05, 0.1) is 31.6 Å². The normalized spacial score (nSPS) is 29.6. The van der Waals surface area contributed by atoms with Crippen LogP contribution in [-0.2, 0) is 63.8 Å². The largest absolute Gasteiger partial charge is 0.497 e. The van der Waals surface area contributed by atoms with Crippen molar-refractivity contribution in [1.29, 1.82) is 0 Å². The Hall–Kier alpha value is -6.12. The second-order valence-electron chi connectivity index (χ2n) is 22.7. The molecular weight excluding hydrogens is 995 g/mol. The Morgan fingerprint density at radius 1 is 0.857 bits per heavy atom. The standard InChI is InChI=1S/C56H85N7O14/c1-14-33(8)44-42(64)29-43(65)77-47(31(4)5)46(66)34(9)48(67)57-39(27-30(2)3)52(71)62-24-15-17-40(62)53(72)60(12)41(28-37-18-20-38(75-13)21-19-37)54(73)76-36(11)45(50(69)58-44)59-49(68)35(10)61-26-23-56(55(61)74)22-16-25-63(56)51(70)32(6)7/h18-21,30-36,39-42,44-45,47,64H,14-17,22-29H2,1-13H3,(H,57,67)(H,58,69)(H,59,68)/t33-,34+,35?,36-,39+,40+,41+,42+,44-,45+,47+,56?/m0/s1. The molecule has 2 unspecified atom stereocenters. The maximum atomic E-state index is 14.9. The first-order valence-corrected chi connectivity index (χ1v) is 27.5. The Labute approximate surface area is 453 Å². The van der Waals surface area contributed by atoms with Crippen LogP contribution in [0.1, 0.15) is 133 Å². The van der Waals surface area contributed by atoms with Gasteiger partial charge in [0.15, 0.2) is 11.9 Å². The number of likely N-dealkylation sites (tertiary alicyclic amines) is 2. The lowest BCUT2D eigenvalue weighted by Gasteiger charge is -2.36. The predicted octanol–water partition coefficient (Wildman–Crippen LogP) is 2.71. The lowest BCUT2D eigenvalue weighted by Crippen LogP contribution is -2.62. The Morgan fingerprint density at radius 3 is 2.12 bits per heavy atom. The Kier molecular flexibility index (Phi) is 21.2. The smallest absolute Gasteiger partial charge is 0.329 e. The zero-order chi connectivity index (χ0) is 57.4. The molecule has 4 heterocycles. The van der Waals surface area contributed by atoms with Crippen LogP contribution in [0.25, 0.3) is 0 Å². The minimum Gasteiger partial charge on any atom is -0.497 e. The maximum Gasteiger partial charge on any atom is 0.329 e. The quantitative estimate of drug-likeness (QED) is 0.173. The van der Waals surface area contributed by atoms with Crippen molar-refractivity contribution >= 4 is 59.1 Å². The highest BCUT2D eigenvalue weighted by Gasteiger charge is 2.57. The molecule has 21 nitrogen and oxygen atoms in total. The number of benzene rings is 1. The van der Waals surface area contributed by atoms with Gasteiger partial charge in [0, 0.05) is 39.0 Å². The van der Waals surface area contributed by atoms with Gasteiger partial charge in [-0.25, -0.2) is 4.79 Å². The van der Waals surface area contributed by atoms with E-state index in [4.69, 9.17) is 14.2 Å². The van der Waals surface area contributed by atoms with Crippen LogP contribution in [0.15, 0.2) is 24.3 Å². The lowest BCUT2D eigenvalue weighted by atomic mass is 9.91. The zero-order valence-electron chi connectivity index (χ0n) is 47.4. The molecule has 77 heavy (non-hydrogen) atoms. The van der Waals surface area contributed by atoms with Crippen molar-refractivity contribution in [2.24, 2.45) is 29.6 Å². The highest BCUT2D eigenvalue weighted by molar-refractivity contribution is 6.05. The number of fused-ring (bicyclic) bond motifs is 1. The first-order chi connectivity index (χ1) is 36.2. The van der Waals surface area contributed by atoms with Crippen molar-refractivity contribution in [1.82, 2.24) is 35.6 Å². The third-order valence-electron chi connectivity index (χ3n) is 16.0. The van der Waals surface area contributed by atoms with E-state index in [2.05, 4.69) is 16.0 Å². The number of hydrogen-bond acceptors (Lipinski definition) is 14. The first kappa shape index (κ1) is 61.7. The van der Waals surface area contributed by atoms with Crippen molar-refractivity contribution in [3.63, 3.8) is 0 Å². The van der Waals surface area contributed by atoms with E-state index in [0.717, 1.165) is 0 Å². The van der Waals surface area contributed by atoms with Gasteiger partial charge in [-0.1, -0.05) is 73.9 Å². The average molecular weight is 1080 g/mol. The third-order valence-corrected chi connectivity index (χ3v) is 16.0. The molecule has 1 spiro atoms. The summed E-state index contributed by atoms with van der Waals surface area (Å²) in [7, 11) is 2.91. The fourth-order valence-corrected chi connectivity index (χ4v) is 11.0. The van der Waals surface area contributed by atoms with Gasteiger partial charge in [0.2, 0.25) is 41.4 Å². The molecular formula is C56H85N7O14. The van der Waals surface area contributed by atoms with Crippen LogP contribution in [0.2, 0.25) is 0 Å². The van der Waals surface area contributed by atoms with E-state index >= 15 is 0 Å². The van der Waals surface area contributed by atoms with E-state index in [0.29, 0.717) is 50.0 Å². The molecule has 4 aliphatic heterocycles. The highest BCUT2D eigenvalue weighted by Crippen LogP contribution is 2.40. The second-order valence-corrected chi connectivity index (χ2v) is 22.7. The van der Waals surface area contributed by atoms with Crippen LogP contribution >= 0.6 is 0 Å². The molecule has 428 valence electrons. The van der Waals surface area contributed by atoms with Crippen LogP contribution in [0.4, 0.5) is 0 Å². The van der Waals surface area contributed by atoms with Gasteiger partial charge in [-0.3, -0.25) is 43.2 Å². The van der Waals surface area contributed by atoms with Crippen LogP contribution in [0, 0.1) is 29.6 Å². The van der Waals surface area contributed by atoms with Gasteiger partial charge in [-0.15, -0.1) is 0 Å². The molecule has 5 rings (SSSR count). The van der Waals surface area contributed by atoms with Gasteiger partial charge in [-0.2, -0.15) is 0 Å². The van der Waals surface area contributed by atoms with Crippen molar-refractivity contribution in [3.05, 3.63) is 29.8 Å². The molecule has 0 bridgehead atoms. The van der Waals surface area contributed by atoms with Gasteiger partial charge in [0.25, 0.3) is 0 Å². The number of ether oxygens (including phenoxy) is 3. The summed E-state index contributed by atoms with van der Waals surface area (Å²) >= 11 is 0. The number of carbonyl (C=O) groups excluding carboxylic acids is 10. The number of methoxy groups -OCH3 is 1. The van der Waals surface area contributed by atoms with E-state index < -0.39 is 137 Å². The molecule has 4 aliphatic rings. The summed E-state index contributed by atoms with van der Waals surface area (Å²) in [6.07, 6.45) is -2.92. The van der Waals surface area contributed by atoms with Crippen molar-refractivity contribution < 1.29 is 67.3 Å². The monoisotopic (exact) mass is 1080 g/mol. The van der Waals surface area contributed by atoms with E-state index in [1.807, 2.05) is 13.8 Å². The maximum absolute atomic E-state index is 14.9. The summed E-state index contributed by atoms with van der Waals surface area (Å²) in [5.41, 5.74) is -0.535. The molecule has 4 fully saturated rings. The summed E-state index contributed by atoms with van der Waals surface area (Å²) in [5.74, 6) is -9.53. The number of rotatable bonds is 12. The number of Topliss-reactive ketones (excluding diaryl/α,β-unsaturated/α-hetero) is 1. The number of likely N-dealkylation sites (N-methyl/N-ethyl adjacent to an activating group) is 1. The molecule has 0 aliphatic carbocycles. The highest BCUT2D eigenvalue weighted by atomic mass is 16.6. The molecule has 0 radical (unpaired) electrons. The fourth-order valence-electron chi connectivity index (χ4n) is 11.0. The topological polar surface area (TPSA) is 268 Å². The Morgan fingerprint density at radius 2 is 1.52 bits per heavy atom. The second kappa shape index (κ2) is 26.5. The fraction of sp³-hybridized carbons (Fsp3) is 0.714. The van der Waals surface area contributed by atoms with Crippen LogP contribution in [0.5, 0.6) is 5.75 Å². The van der Waals surface area contributed by atoms with E-state index in [-0.39, 0.29) is 50.1 Å². The van der Waals surface area contributed by atoms with Gasteiger partial charge < -0.3 is 54.9 Å². The first-order valence-electron chi connectivity index (χ1n) is 27.5. The van der Waals surface area contributed by atoms with E-state index in [1.165, 1.54) is 49.6 Å². The summed E-state index contributed by atoms with van der Waals surface area (Å²) in [5, 5.41) is 20.0. The molecule has 0 saturated carbocycles. The SMILES string of the molecule is CC[C@H](C)[C@@H]1NC(=O)[C@H](NC(=O)C(C)N2CCC3(CCCN3C(=O)C(C)C)C2=O)[C@H](C)OC(=O)[C@@H](Cc2ccc(OC)cc2)N(C)C(=O)[C@H]2CCCN2C(=O)[C@@H](CC(C)C)NC(=O)[C@H](C)C(=O)[C@@H](C(C)C)OC(=O)C[C@H]1O. The number of ketones is 1. The molecule has 1 aromatic carbocycles. The van der Waals surface area contributed by atoms with Gasteiger partial charge >= 0.3 is 11.9 Å². The van der Waals surface area contributed by atoms with Crippen molar-refractivity contribution in [3.8, 4) is 5.75 Å². The zero-order valence-corrected chi connectivity index (χ0v) is 47.4. The number of cyclic esters (lactones) is 2. The molecule has 7 amide bonds. The van der Waals surface area contributed by atoms with Gasteiger partial charge in [-0.05, 0) is 94.7 Å². The van der Waals surface area contributed by atoms with Crippen LogP contribution < -0.4 is 20.7 Å². The number of aliphatic hydroxyl groups excluding tert-OH is 1. The number of nitrogens with zero attached hydrogens (tertiary/aromatic N) is 4. The predicted molar refractivity (Wildman–Crippen MR) is 282 cm³/mol. The van der Waals surface area contributed by atoms with Gasteiger partial charge in [0.1, 0.15) is 47.6 Å². The van der Waals surface area contributed by atoms with Crippen LogP contribution in [-0.4, -0.2) is 178 Å². The number of esters is 2. The summed E-state index contributed by atoms with van der Waals surface area (Å²) in [6, 6.07) is -0.946. The number of hydrogen-bond donors (Lipinski definition) is 4. The minimum atomic E-state index is -1.71. The average Bonchev–Trinajstić information content (AvgIpc) is 4.14. The number of amides is 7. The number of nitrogens with one attached hydrogen (secondary N) is 3. The molecule has 0 aromatic heterocycles. The minimum absolute atomic E-state index is 0.110. The summed E-state index contributed by atoms with van der Waals surface area (Å²) < 4.78 is 17.2. The molecule has 4 N–H and O–H groups in total. The van der Waals surface area contributed by atoms with E-state index in [1.54, 1.807) is 70.7 Å². The van der Waals surface area contributed by atoms with Crippen LogP contribution in [0.3, 0.4) is 0 Å². The number of carbonyl (C=O) groups is 10. The van der Waals surface area contributed by atoms with Crippen molar-refractivity contribution in [2.45, 2.75) is 194 Å². The molecule has 1 aromatic rings.